The summed E-state index contributed by atoms with van der Waals surface area (Å²) in [4.78, 5) is 15.2. The second-order valence-corrected chi connectivity index (χ2v) is 8.73. The molecule has 5 nitrogen and oxygen atoms in total. The molecule has 0 unspecified atom stereocenters. The number of hydrogen-bond acceptors (Lipinski definition) is 3. The number of carbonyl (C=O) groups is 1. The van der Waals surface area contributed by atoms with Crippen molar-refractivity contribution >= 4 is 29.1 Å². The standard InChI is InChI=1S/C27H25Cl2N3O2/c1-3-17-32(26(33)20-13-15-21(28)16-14-20)18-22-25(19-9-5-4-6-10-19)30-31(2)27(22)34-24-12-8-7-11-23(24)29/h4-16H,3,17-18H2,1-2H3. The summed E-state index contributed by atoms with van der Waals surface area (Å²) in [6.45, 7) is 2.95. The average Bonchev–Trinajstić information content (AvgIpc) is 3.15. The molecule has 4 aromatic rings. The summed E-state index contributed by atoms with van der Waals surface area (Å²) in [7, 11) is 1.83. The topological polar surface area (TPSA) is 47.4 Å². The molecule has 0 saturated heterocycles. The van der Waals surface area contributed by atoms with Crippen molar-refractivity contribution in [2.75, 3.05) is 6.54 Å². The zero-order chi connectivity index (χ0) is 24.1. The molecule has 0 radical (unpaired) electrons. The number of para-hydroxylation sites is 1. The first kappa shape index (κ1) is 23.9. The van der Waals surface area contributed by atoms with Crippen molar-refractivity contribution in [1.29, 1.82) is 0 Å². The molecular formula is C27H25Cl2N3O2. The highest BCUT2D eigenvalue weighted by molar-refractivity contribution is 6.32. The first-order chi connectivity index (χ1) is 16.5. The van der Waals surface area contributed by atoms with Crippen molar-refractivity contribution in [2.24, 2.45) is 7.05 Å². The van der Waals surface area contributed by atoms with Crippen LogP contribution in [0, 0.1) is 0 Å². The Morgan fingerprint density at radius 2 is 1.65 bits per heavy atom. The number of ether oxygens (including phenoxy) is 1. The second-order valence-electron chi connectivity index (χ2n) is 7.89. The van der Waals surface area contributed by atoms with E-state index in [-0.39, 0.29) is 5.91 Å². The van der Waals surface area contributed by atoms with Gasteiger partial charge in [-0.05, 0) is 42.8 Å². The van der Waals surface area contributed by atoms with Gasteiger partial charge < -0.3 is 9.64 Å². The molecule has 3 aromatic carbocycles. The van der Waals surface area contributed by atoms with Gasteiger partial charge in [0.1, 0.15) is 11.4 Å². The van der Waals surface area contributed by atoms with E-state index in [2.05, 4.69) is 0 Å². The number of carbonyl (C=O) groups excluding carboxylic acids is 1. The number of hydrogen-bond donors (Lipinski definition) is 0. The summed E-state index contributed by atoms with van der Waals surface area (Å²) in [5, 5.41) is 5.85. The van der Waals surface area contributed by atoms with Gasteiger partial charge in [0.15, 0.2) is 0 Å². The van der Waals surface area contributed by atoms with Gasteiger partial charge in [-0.15, -0.1) is 0 Å². The lowest BCUT2D eigenvalue weighted by molar-refractivity contribution is 0.0742. The molecule has 0 aliphatic heterocycles. The van der Waals surface area contributed by atoms with E-state index in [4.69, 9.17) is 33.0 Å². The van der Waals surface area contributed by atoms with Crippen LogP contribution in [0.15, 0.2) is 78.9 Å². The summed E-state index contributed by atoms with van der Waals surface area (Å²) in [6, 6.07) is 24.1. The summed E-state index contributed by atoms with van der Waals surface area (Å²) in [5.74, 6) is 0.987. The van der Waals surface area contributed by atoms with Gasteiger partial charge in [0, 0.05) is 29.7 Å². The highest BCUT2D eigenvalue weighted by Crippen LogP contribution is 2.36. The Balaban J connectivity index is 1.77. The normalized spacial score (nSPS) is 10.8. The minimum Gasteiger partial charge on any atom is -0.437 e. The van der Waals surface area contributed by atoms with E-state index in [1.807, 2.05) is 67.4 Å². The lowest BCUT2D eigenvalue weighted by atomic mass is 10.1. The molecular weight excluding hydrogens is 469 g/mol. The molecule has 0 N–H and O–H groups in total. The lowest BCUT2D eigenvalue weighted by Gasteiger charge is -2.23. The van der Waals surface area contributed by atoms with Gasteiger partial charge in [-0.2, -0.15) is 5.10 Å². The molecule has 0 spiro atoms. The minimum atomic E-state index is -0.0786. The SMILES string of the molecule is CCCN(Cc1c(-c2ccccc2)nn(C)c1Oc1ccccc1Cl)C(=O)c1ccc(Cl)cc1. The van der Waals surface area contributed by atoms with Crippen LogP contribution >= 0.6 is 23.2 Å². The summed E-state index contributed by atoms with van der Waals surface area (Å²) < 4.78 is 7.96. The molecule has 4 rings (SSSR count). The number of benzene rings is 3. The molecule has 7 heteroatoms. The lowest BCUT2D eigenvalue weighted by Crippen LogP contribution is -2.31. The summed E-state index contributed by atoms with van der Waals surface area (Å²) in [5.41, 5.74) is 3.09. The Morgan fingerprint density at radius 3 is 2.32 bits per heavy atom. The first-order valence-corrected chi connectivity index (χ1v) is 11.8. The van der Waals surface area contributed by atoms with E-state index in [1.54, 1.807) is 35.0 Å². The van der Waals surface area contributed by atoms with Crippen LogP contribution in [0.1, 0.15) is 29.3 Å². The van der Waals surface area contributed by atoms with Crippen molar-refractivity contribution in [1.82, 2.24) is 14.7 Å². The molecule has 0 aliphatic carbocycles. The molecule has 0 fully saturated rings. The maximum atomic E-state index is 13.4. The highest BCUT2D eigenvalue weighted by Gasteiger charge is 2.25. The molecule has 34 heavy (non-hydrogen) atoms. The van der Waals surface area contributed by atoms with Crippen LogP contribution in [0.2, 0.25) is 10.0 Å². The second kappa shape index (κ2) is 10.8. The van der Waals surface area contributed by atoms with E-state index in [0.29, 0.717) is 40.3 Å². The molecule has 0 bridgehead atoms. The van der Waals surface area contributed by atoms with E-state index in [9.17, 15) is 4.79 Å². The molecule has 1 aromatic heterocycles. The van der Waals surface area contributed by atoms with Crippen LogP contribution in [0.5, 0.6) is 11.6 Å². The van der Waals surface area contributed by atoms with E-state index < -0.39 is 0 Å². The van der Waals surface area contributed by atoms with Crippen LogP contribution in [-0.4, -0.2) is 27.1 Å². The minimum absolute atomic E-state index is 0.0786. The van der Waals surface area contributed by atoms with Gasteiger partial charge in [-0.3, -0.25) is 4.79 Å². The van der Waals surface area contributed by atoms with Crippen LogP contribution < -0.4 is 4.74 Å². The Morgan fingerprint density at radius 1 is 0.971 bits per heavy atom. The third kappa shape index (κ3) is 5.27. The van der Waals surface area contributed by atoms with Crippen molar-refractivity contribution in [3.8, 4) is 22.9 Å². The maximum Gasteiger partial charge on any atom is 0.254 e. The fourth-order valence-electron chi connectivity index (χ4n) is 3.77. The number of rotatable bonds is 8. The Bertz CT molecular complexity index is 1270. The molecule has 1 amide bonds. The third-order valence-corrected chi connectivity index (χ3v) is 5.96. The quantitative estimate of drug-likeness (QED) is 0.260. The van der Waals surface area contributed by atoms with Crippen molar-refractivity contribution in [2.45, 2.75) is 19.9 Å². The number of aromatic nitrogens is 2. The van der Waals surface area contributed by atoms with Gasteiger partial charge in [0.25, 0.3) is 5.91 Å². The predicted molar refractivity (Wildman–Crippen MR) is 137 cm³/mol. The van der Waals surface area contributed by atoms with Crippen LogP contribution in [-0.2, 0) is 13.6 Å². The van der Waals surface area contributed by atoms with Crippen molar-refractivity contribution in [3.63, 3.8) is 0 Å². The van der Waals surface area contributed by atoms with Crippen LogP contribution in [0.3, 0.4) is 0 Å². The van der Waals surface area contributed by atoms with Gasteiger partial charge in [0.05, 0.1) is 17.1 Å². The third-order valence-electron chi connectivity index (χ3n) is 5.40. The van der Waals surface area contributed by atoms with Gasteiger partial charge in [0.2, 0.25) is 5.88 Å². The van der Waals surface area contributed by atoms with E-state index >= 15 is 0 Å². The van der Waals surface area contributed by atoms with Gasteiger partial charge in [-0.1, -0.05) is 72.6 Å². The fraction of sp³-hybridized carbons (Fsp3) is 0.185. The largest absolute Gasteiger partial charge is 0.437 e. The number of amides is 1. The molecule has 0 saturated carbocycles. The van der Waals surface area contributed by atoms with Crippen molar-refractivity contribution in [3.05, 3.63) is 100 Å². The van der Waals surface area contributed by atoms with E-state index in [1.165, 1.54) is 0 Å². The zero-order valence-electron chi connectivity index (χ0n) is 19.0. The van der Waals surface area contributed by atoms with Crippen LogP contribution in [0.4, 0.5) is 0 Å². The van der Waals surface area contributed by atoms with Gasteiger partial charge in [-0.25, -0.2) is 4.68 Å². The number of aryl methyl sites for hydroxylation is 1. The van der Waals surface area contributed by atoms with E-state index in [0.717, 1.165) is 23.2 Å². The van der Waals surface area contributed by atoms with Crippen molar-refractivity contribution < 1.29 is 9.53 Å². The Labute approximate surface area is 209 Å². The zero-order valence-corrected chi connectivity index (χ0v) is 20.6. The van der Waals surface area contributed by atoms with Crippen LogP contribution in [0.25, 0.3) is 11.3 Å². The van der Waals surface area contributed by atoms with Gasteiger partial charge >= 0.3 is 0 Å². The highest BCUT2D eigenvalue weighted by atomic mass is 35.5. The first-order valence-electron chi connectivity index (χ1n) is 11.1. The molecule has 0 atom stereocenters. The Kier molecular flexibility index (Phi) is 7.56. The summed E-state index contributed by atoms with van der Waals surface area (Å²) in [6.07, 6.45) is 0.807. The predicted octanol–water partition coefficient (Wildman–Crippen LogP) is 7.24. The smallest absolute Gasteiger partial charge is 0.254 e. The molecule has 1 heterocycles. The monoisotopic (exact) mass is 493 g/mol. The average molecular weight is 494 g/mol. The number of halogens is 2. The summed E-state index contributed by atoms with van der Waals surface area (Å²) >= 11 is 12.4. The fourth-order valence-corrected chi connectivity index (χ4v) is 4.07. The molecule has 174 valence electrons. The Hall–Kier alpha value is -3.28. The maximum absolute atomic E-state index is 13.4. The molecule has 0 aliphatic rings. The number of nitrogens with zero attached hydrogens (tertiary/aromatic N) is 3.